The van der Waals surface area contributed by atoms with Crippen molar-refractivity contribution in [3.8, 4) is 5.75 Å². The SMILES string of the molecule is CN(C)C(C=C=O)c1cc(N)cc2c1OCC2. The van der Waals surface area contributed by atoms with Crippen LogP contribution in [0.15, 0.2) is 18.2 Å². The molecular weight excluding hydrogens is 216 g/mol. The number of anilines is 1. The zero-order chi connectivity index (χ0) is 12.4. The summed E-state index contributed by atoms with van der Waals surface area (Å²) in [4.78, 5) is 12.5. The van der Waals surface area contributed by atoms with Crippen LogP contribution in [0.25, 0.3) is 0 Å². The van der Waals surface area contributed by atoms with Crippen LogP contribution in [0.4, 0.5) is 5.69 Å². The summed E-state index contributed by atoms with van der Waals surface area (Å²) < 4.78 is 5.63. The Morgan fingerprint density at radius 1 is 1.53 bits per heavy atom. The van der Waals surface area contributed by atoms with Crippen LogP contribution in [0.5, 0.6) is 5.75 Å². The van der Waals surface area contributed by atoms with E-state index < -0.39 is 0 Å². The summed E-state index contributed by atoms with van der Waals surface area (Å²) in [6.45, 7) is 0.677. The van der Waals surface area contributed by atoms with E-state index in [1.807, 2.05) is 37.1 Å². The van der Waals surface area contributed by atoms with Crippen LogP contribution in [-0.4, -0.2) is 31.5 Å². The van der Waals surface area contributed by atoms with Crippen molar-refractivity contribution in [3.63, 3.8) is 0 Å². The van der Waals surface area contributed by atoms with Crippen LogP contribution in [0.3, 0.4) is 0 Å². The van der Waals surface area contributed by atoms with E-state index in [0.717, 1.165) is 23.3 Å². The van der Waals surface area contributed by atoms with Gasteiger partial charge in [-0.3, -0.25) is 4.90 Å². The van der Waals surface area contributed by atoms with E-state index in [1.165, 1.54) is 6.08 Å². The molecule has 1 aliphatic heterocycles. The summed E-state index contributed by atoms with van der Waals surface area (Å²) in [7, 11) is 3.81. The molecule has 2 rings (SSSR count). The quantitative estimate of drug-likeness (QED) is 0.628. The van der Waals surface area contributed by atoms with E-state index in [9.17, 15) is 4.79 Å². The molecule has 90 valence electrons. The van der Waals surface area contributed by atoms with Crippen molar-refractivity contribution in [1.29, 1.82) is 0 Å². The van der Waals surface area contributed by atoms with Crippen LogP contribution in [-0.2, 0) is 11.2 Å². The summed E-state index contributed by atoms with van der Waals surface area (Å²) >= 11 is 0. The monoisotopic (exact) mass is 232 g/mol. The Kier molecular flexibility index (Phi) is 3.18. The normalized spacial score (nSPS) is 15.0. The summed E-state index contributed by atoms with van der Waals surface area (Å²) in [6, 6.07) is 3.65. The Balaban J connectivity index is 2.53. The number of nitrogens with zero attached hydrogens (tertiary/aromatic N) is 1. The number of hydrogen-bond donors (Lipinski definition) is 1. The van der Waals surface area contributed by atoms with Crippen LogP contribution in [0.1, 0.15) is 17.2 Å². The molecule has 0 bridgehead atoms. The minimum absolute atomic E-state index is 0.150. The third kappa shape index (κ3) is 2.18. The van der Waals surface area contributed by atoms with Gasteiger partial charge in [0.15, 0.2) is 0 Å². The molecule has 0 fully saturated rings. The molecule has 4 heteroatoms. The standard InChI is InChI=1S/C13H16N2O2/c1-15(2)12(3-5-16)11-8-10(14)7-9-4-6-17-13(9)11/h3,7-8,12H,4,6,14H2,1-2H3. The van der Waals surface area contributed by atoms with Gasteiger partial charge in [0.25, 0.3) is 0 Å². The van der Waals surface area contributed by atoms with Crippen LogP contribution in [0.2, 0.25) is 0 Å². The fourth-order valence-electron chi connectivity index (χ4n) is 2.16. The smallest absolute Gasteiger partial charge is 0.127 e. The van der Waals surface area contributed by atoms with Gasteiger partial charge < -0.3 is 10.5 Å². The second kappa shape index (κ2) is 4.62. The highest BCUT2D eigenvalue weighted by atomic mass is 16.5. The molecule has 1 aliphatic rings. The number of benzene rings is 1. The molecule has 1 atom stereocenters. The fraction of sp³-hybridized carbons (Fsp3) is 0.385. The summed E-state index contributed by atoms with van der Waals surface area (Å²) in [6.07, 6.45) is 2.36. The summed E-state index contributed by atoms with van der Waals surface area (Å²) in [5, 5.41) is 0. The van der Waals surface area contributed by atoms with Gasteiger partial charge >= 0.3 is 0 Å². The Labute approximate surface area is 101 Å². The molecule has 1 aromatic rings. The Bertz CT molecular complexity index is 477. The lowest BCUT2D eigenvalue weighted by atomic mass is 10.00. The van der Waals surface area contributed by atoms with Gasteiger partial charge in [-0.2, -0.15) is 0 Å². The number of rotatable bonds is 3. The second-order valence-corrected chi connectivity index (χ2v) is 4.39. The molecular formula is C13H16N2O2. The Hall–Kier alpha value is -1.77. The highest BCUT2D eigenvalue weighted by Crippen LogP contribution is 2.37. The largest absolute Gasteiger partial charge is 0.493 e. The average Bonchev–Trinajstić information content (AvgIpc) is 2.72. The molecule has 1 unspecified atom stereocenters. The lowest BCUT2D eigenvalue weighted by molar-refractivity contribution is 0.321. The Morgan fingerprint density at radius 3 is 2.94 bits per heavy atom. The molecule has 0 aliphatic carbocycles. The maximum atomic E-state index is 10.6. The van der Waals surface area contributed by atoms with Crippen molar-refractivity contribution in [1.82, 2.24) is 4.90 Å². The van der Waals surface area contributed by atoms with Gasteiger partial charge in [0.1, 0.15) is 11.7 Å². The van der Waals surface area contributed by atoms with Crippen molar-refractivity contribution in [3.05, 3.63) is 29.3 Å². The van der Waals surface area contributed by atoms with Gasteiger partial charge in [-0.25, -0.2) is 4.79 Å². The molecule has 4 nitrogen and oxygen atoms in total. The van der Waals surface area contributed by atoms with Crippen molar-refractivity contribution < 1.29 is 9.53 Å². The third-order valence-corrected chi connectivity index (χ3v) is 2.94. The number of nitrogen functional groups attached to an aromatic ring is 1. The van der Waals surface area contributed by atoms with E-state index in [2.05, 4.69) is 0 Å². The molecule has 0 saturated carbocycles. The van der Waals surface area contributed by atoms with Crippen LogP contribution in [0, 0.1) is 0 Å². The van der Waals surface area contributed by atoms with E-state index >= 15 is 0 Å². The average molecular weight is 232 g/mol. The van der Waals surface area contributed by atoms with Crippen molar-refractivity contribution in [2.24, 2.45) is 0 Å². The number of hydrogen-bond acceptors (Lipinski definition) is 4. The first-order valence-electron chi connectivity index (χ1n) is 5.56. The summed E-state index contributed by atoms with van der Waals surface area (Å²) in [5.74, 6) is 2.71. The molecule has 0 radical (unpaired) electrons. The first-order valence-corrected chi connectivity index (χ1v) is 5.56. The maximum absolute atomic E-state index is 10.6. The molecule has 2 N–H and O–H groups in total. The van der Waals surface area contributed by atoms with Gasteiger partial charge in [0, 0.05) is 23.7 Å². The number of fused-ring (bicyclic) bond motifs is 1. The van der Waals surface area contributed by atoms with Crippen LogP contribution < -0.4 is 10.5 Å². The van der Waals surface area contributed by atoms with Crippen molar-refractivity contribution in [2.45, 2.75) is 12.5 Å². The van der Waals surface area contributed by atoms with E-state index in [4.69, 9.17) is 10.5 Å². The number of ether oxygens (including phenoxy) is 1. The van der Waals surface area contributed by atoms with Crippen molar-refractivity contribution in [2.75, 3.05) is 26.4 Å². The lowest BCUT2D eigenvalue weighted by Crippen LogP contribution is -2.19. The maximum Gasteiger partial charge on any atom is 0.127 e. The van der Waals surface area contributed by atoms with Gasteiger partial charge in [-0.05, 0) is 31.8 Å². The first kappa shape index (κ1) is 11.7. The Morgan fingerprint density at radius 2 is 2.29 bits per heavy atom. The van der Waals surface area contributed by atoms with E-state index in [-0.39, 0.29) is 6.04 Å². The summed E-state index contributed by atoms with van der Waals surface area (Å²) in [5.41, 5.74) is 8.64. The van der Waals surface area contributed by atoms with Gasteiger partial charge in [-0.15, -0.1) is 0 Å². The van der Waals surface area contributed by atoms with Crippen LogP contribution >= 0.6 is 0 Å². The molecule has 1 heterocycles. The molecule has 0 aromatic heterocycles. The highest BCUT2D eigenvalue weighted by molar-refractivity contribution is 5.58. The third-order valence-electron chi connectivity index (χ3n) is 2.94. The van der Waals surface area contributed by atoms with Crippen molar-refractivity contribution >= 4 is 11.6 Å². The number of carbonyl (C=O) groups excluding carboxylic acids is 1. The predicted molar refractivity (Wildman–Crippen MR) is 66.7 cm³/mol. The minimum atomic E-state index is -0.150. The molecule has 0 spiro atoms. The van der Waals surface area contributed by atoms with Gasteiger partial charge in [0.2, 0.25) is 0 Å². The molecule has 0 saturated heterocycles. The fourth-order valence-corrected chi connectivity index (χ4v) is 2.16. The number of nitrogens with two attached hydrogens (primary N) is 1. The molecule has 0 amide bonds. The van der Waals surface area contributed by atoms with E-state index in [0.29, 0.717) is 12.3 Å². The number of likely N-dealkylation sites (N-methyl/N-ethyl adjacent to an activating group) is 1. The first-order chi connectivity index (χ1) is 8.13. The van der Waals surface area contributed by atoms with Gasteiger partial charge in [0.05, 0.1) is 12.6 Å². The lowest BCUT2D eigenvalue weighted by Gasteiger charge is -2.22. The second-order valence-electron chi connectivity index (χ2n) is 4.39. The highest BCUT2D eigenvalue weighted by Gasteiger charge is 2.23. The minimum Gasteiger partial charge on any atom is -0.493 e. The predicted octanol–water partition coefficient (Wildman–Crippen LogP) is 1.19. The van der Waals surface area contributed by atoms with Gasteiger partial charge in [-0.1, -0.05) is 0 Å². The molecule has 1 aromatic carbocycles. The molecule has 17 heavy (non-hydrogen) atoms. The zero-order valence-corrected chi connectivity index (χ0v) is 10.1. The van der Waals surface area contributed by atoms with E-state index in [1.54, 1.807) is 0 Å². The zero-order valence-electron chi connectivity index (χ0n) is 10.1. The topological polar surface area (TPSA) is 55.6 Å².